The van der Waals surface area contributed by atoms with Gasteiger partial charge >= 0.3 is 0 Å². The summed E-state index contributed by atoms with van der Waals surface area (Å²) in [4.78, 5) is 24.1. The summed E-state index contributed by atoms with van der Waals surface area (Å²) in [7, 11) is 0. The molecule has 4 heteroatoms. The standard InChI is InChI=1S/C18H24N2O2/c1-11-4-3-5-15(12(11)2)19-17(21)10-18(22)20-16-9-13-6-7-14(16)8-13/h3-5,13-14,16H,6-10H2,1-2H3,(H,19,21)(H,20,22)/t13-,14+,16-/m1/s1. The fourth-order valence-electron chi connectivity index (χ4n) is 3.91. The summed E-state index contributed by atoms with van der Waals surface area (Å²) in [6, 6.07) is 6.08. The van der Waals surface area contributed by atoms with Gasteiger partial charge in [0, 0.05) is 11.7 Å². The van der Waals surface area contributed by atoms with Gasteiger partial charge in [0.05, 0.1) is 0 Å². The molecule has 2 N–H and O–H groups in total. The van der Waals surface area contributed by atoms with E-state index in [0.29, 0.717) is 12.0 Å². The van der Waals surface area contributed by atoms with Crippen molar-refractivity contribution in [1.29, 1.82) is 0 Å². The molecule has 0 unspecified atom stereocenters. The number of fused-ring (bicyclic) bond motifs is 2. The average molecular weight is 300 g/mol. The second kappa shape index (κ2) is 6.11. The van der Waals surface area contributed by atoms with Crippen molar-refractivity contribution < 1.29 is 9.59 Å². The molecule has 2 saturated carbocycles. The summed E-state index contributed by atoms with van der Waals surface area (Å²) in [5, 5.41) is 5.89. The normalized spacial score (nSPS) is 26.0. The number of nitrogens with one attached hydrogen (secondary N) is 2. The number of anilines is 1. The van der Waals surface area contributed by atoms with E-state index in [-0.39, 0.29) is 18.2 Å². The number of carbonyl (C=O) groups is 2. The highest BCUT2D eigenvalue weighted by molar-refractivity contribution is 6.04. The third-order valence-electron chi connectivity index (χ3n) is 5.28. The minimum atomic E-state index is -0.241. The fraction of sp³-hybridized carbons (Fsp3) is 0.556. The molecule has 0 radical (unpaired) electrons. The van der Waals surface area contributed by atoms with Crippen LogP contribution in [0.15, 0.2) is 18.2 Å². The predicted molar refractivity (Wildman–Crippen MR) is 86.5 cm³/mol. The van der Waals surface area contributed by atoms with Gasteiger partial charge in [-0.25, -0.2) is 0 Å². The third-order valence-corrected chi connectivity index (χ3v) is 5.28. The first-order valence-electron chi connectivity index (χ1n) is 8.18. The molecule has 2 bridgehead atoms. The Balaban J connectivity index is 1.51. The number of hydrogen-bond donors (Lipinski definition) is 2. The molecule has 118 valence electrons. The molecule has 1 aromatic carbocycles. The van der Waals surface area contributed by atoms with Crippen molar-refractivity contribution in [3.05, 3.63) is 29.3 Å². The number of carbonyl (C=O) groups excluding carboxylic acids is 2. The van der Waals surface area contributed by atoms with E-state index in [1.807, 2.05) is 32.0 Å². The van der Waals surface area contributed by atoms with Gasteiger partial charge in [-0.15, -0.1) is 0 Å². The number of aryl methyl sites for hydroxylation is 1. The van der Waals surface area contributed by atoms with Crippen LogP contribution in [0.5, 0.6) is 0 Å². The van der Waals surface area contributed by atoms with Crippen LogP contribution in [0.2, 0.25) is 0 Å². The Hall–Kier alpha value is -1.84. The van der Waals surface area contributed by atoms with Gasteiger partial charge in [-0.3, -0.25) is 9.59 Å². The Kier molecular flexibility index (Phi) is 4.19. The molecule has 0 aliphatic heterocycles. The van der Waals surface area contributed by atoms with Crippen molar-refractivity contribution in [2.24, 2.45) is 11.8 Å². The largest absolute Gasteiger partial charge is 0.353 e. The lowest BCUT2D eigenvalue weighted by Gasteiger charge is -2.22. The summed E-state index contributed by atoms with van der Waals surface area (Å²) in [6.07, 6.45) is 4.78. The molecule has 22 heavy (non-hydrogen) atoms. The molecular weight excluding hydrogens is 276 g/mol. The molecule has 3 rings (SSSR count). The first kappa shape index (κ1) is 15.1. The van der Waals surface area contributed by atoms with Gasteiger partial charge in [0.1, 0.15) is 6.42 Å². The van der Waals surface area contributed by atoms with Crippen LogP contribution < -0.4 is 10.6 Å². The molecule has 2 aliphatic rings. The topological polar surface area (TPSA) is 58.2 Å². The van der Waals surface area contributed by atoms with Gasteiger partial charge in [-0.1, -0.05) is 18.6 Å². The van der Waals surface area contributed by atoms with Gasteiger partial charge in [0.25, 0.3) is 0 Å². The van der Waals surface area contributed by atoms with Crippen LogP contribution >= 0.6 is 0 Å². The highest BCUT2D eigenvalue weighted by Crippen LogP contribution is 2.44. The minimum absolute atomic E-state index is 0.0960. The van der Waals surface area contributed by atoms with Crippen molar-refractivity contribution in [2.75, 3.05) is 5.32 Å². The van der Waals surface area contributed by atoms with E-state index in [1.165, 1.54) is 19.3 Å². The van der Waals surface area contributed by atoms with Crippen molar-refractivity contribution in [2.45, 2.75) is 52.0 Å². The Labute approximate surface area is 131 Å². The molecule has 2 aliphatic carbocycles. The van der Waals surface area contributed by atoms with Crippen LogP contribution in [0.3, 0.4) is 0 Å². The molecule has 4 nitrogen and oxygen atoms in total. The maximum absolute atomic E-state index is 12.1. The molecule has 0 spiro atoms. The molecule has 2 fully saturated rings. The molecular formula is C18H24N2O2. The molecule has 2 amide bonds. The fourth-order valence-corrected chi connectivity index (χ4v) is 3.91. The van der Waals surface area contributed by atoms with Crippen LogP contribution in [-0.2, 0) is 9.59 Å². The molecule has 0 heterocycles. The highest BCUT2D eigenvalue weighted by atomic mass is 16.2. The van der Waals surface area contributed by atoms with Gasteiger partial charge in [-0.2, -0.15) is 0 Å². The monoisotopic (exact) mass is 300 g/mol. The number of amides is 2. The number of hydrogen-bond acceptors (Lipinski definition) is 2. The van der Waals surface area contributed by atoms with Gasteiger partial charge in [0.15, 0.2) is 0 Å². The summed E-state index contributed by atoms with van der Waals surface area (Å²) in [5.41, 5.74) is 2.96. The molecule has 0 saturated heterocycles. The van der Waals surface area contributed by atoms with Crippen molar-refractivity contribution in [1.82, 2.24) is 5.32 Å². The summed E-state index contributed by atoms with van der Waals surface area (Å²) < 4.78 is 0. The van der Waals surface area contributed by atoms with Gasteiger partial charge in [0.2, 0.25) is 11.8 Å². The van der Waals surface area contributed by atoms with Crippen LogP contribution in [0.4, 0.5) is 5.69 Å². The van der Waals surface area contributed by atoms with Crippen molar-refractivity contribution in [3.63, 3.8) is 0 Å². The second-order valence-corrected chi connectivity index (χ2v) is 6.82. The second-order valence-electron chi connectivity index (χ2n) is 6.82. The van der Waals surface area contributed by atoms with Gasteiger partial charge in [-0.05, 0) is 62.1 Å². The zero-order valence-corrected chi connectivity index (χ0v) is 13.3. The summed E-state index contributed by atoms with van der Waals surface area (Å²) >= 11 is 0. The number of benzene rings is 1. The van der Waals surface area contributed by atoms with Crippen molar-refractivity contribution in [3.8, 4) is 0 Å². The first-order valence-corrected chi connectivity index (χ1v) is 8.18. The van der Waals surface area contributed by atoms with Crippen LogP contribution in [0.1, 0.15) is 43.2 Å². The van der Waals surface area contributed by atoms with E-state index in [0.717, 1.165) is 29.2 Å². The molecule has 1 aromatic rings. The molecule has 3 atom stereocenters. The summed E-state index contributed by atoms with van der Waals surface area (Å²) in [5.74, 6) is 1.03. The Bertz CT molecular complexity index is 597. The van der Waals surface area contributed by atoms with Crippen LogP contribution in [0, 0.1) is 25.7 Å². The van der Waals surface area contributed by atoms with E-state index < -0.39 is 0 Å². The third kappa shape index (κ3) is 3.16. The zero-order valence-electron chi connectivity index (χ0n) is 13.3. The summed E-state index contributed by atoms with van der Waals surface area (Å²) in [6.45, 7) is 3.98. The molecule has 0 aromatic heterocycles. The van der Waals surface area contributed by atoms with Gasteiger partial charge < -0.3 is 10.6 Å². The van der Waals surface area contributed by atoms with E-state index in [9.17, 15) is 9.59 Å². The smallest absolute Gasteiger partial charge is 0.233 e. The van der Waals surface area contributed by atoms with E-state index in [2.05, 4.69) is 10.6 Å². The van der Waals surface area contributed by atoms with Crippen LogP contribution in [-0.4, -0.2) is 17.9 Å². The predicted octanol–water partition coefficient (Wildman–Crippen LogP) is 2.94. The lowest BCUT2D eigenvalue weighted by atomic mass is 9.95. The maximum Gasteiger partial charge on any atom is 0.233 e. The minimum Gasteiger partial charge on any atom is -0.353 e. The Morgan fingerprint density at radius 3 is 2.64 bits per heavy atom. The average Bonchev–Trinajstić information content (AvgIpc) is 3.06. The number of rotatable bonds is 4. The first-order chi connectivity index (χ1) is 10.5. The lowest BCUT2D eigenvalue weighted by molar-refractivity contribution is -0.127. The van der Waals surface area contributed by atoms with Crippen LogP contribution in [0.25, 0.3) is 0 Å². The van der Waals surface area contributed by atoms with E-state index in [4.69, 9.17) is 0 Å². The lowest BCUT2D eigenvalue weighted by Crippen LogP contribution is -2.39. The zero-order chi connectivity index (χ0) is 15.7. The highest BCUT2D eigenvalue weighted by Gasteiger charge is 2.40. The van der Waals surface area contributed by atoms with Crippen molar-refractivity contribution >= 4 is 17.5 Å². The Morgan fingerprint density at radius 2 is 1.95 bits per heavy atom. The maximum atomic E-state index is 12.1. The SMILES string of the molecule is Cc1cccc(NC(=O)CC(=O)N[C@@H]2C[C@@H]3CC[C@H]2C3)c1C. The van der Waals surface area contributed by atoms with E-state index in [1.54, 1.807) is 0 Å². The quantitative estimate of drug-likeness (QED) is 0.840. The Morgan fingerprint density at radius 1 is 1.14 bits per heavy atom. The van der Waals surface area contributed by atoms with E-state index >= 15 is 0 Å².